The summed E-state index contributed by atoms with van der Waals surface area (Å²) in [5, 5.41) is 11.5. The number of amides is 1. The molecule has 0 radical (unpaired) electrons. The summed E-state index contributed by atoms with van der Waals surface area (Å²) in [6, 6.07) is 3.83. The van der Waals surface area contributed by atoms with Gasteiger partial charge in [0.05, 0.1) is 53.7 Å². The lowest BCUT2D eigenvalue weighted by Crippen LogP contribution is -2.39. The number of fused-ring (bicyclic) bond motifs is 1. The number of nitrogens with one attached hydrogen (secondary N) is 1. The standard InChI is InChI=1S/C22H24N6O2/c1-5-30-17-9-15(10-24-12-17)18-8-14(2)19-20(26-18)22(3,4)28(21(19)29)16-11-25-27(13-16)7-6-23/h6,8-13,23H,5,7H2,1-4H3. The maximum atomic E-state index is 13.4. The summed E-state index contributed by atoms with van der Waals surface area (Å²) in [4.78, 5) is 24.2. The number of hydrogen-bond donors (Lipinski definition) is 1. The van der Waals surface area contributed by atoms with Gasteiger partial charge in [-0.05, 0) is 45.4 Å². The van der Waals surface area contributed by atoms with Crippen molar-refractivity contribution in [1.82, 2.24) is 19.7 Å². The van der Waals surface area contributed by atoms with Crippen LogP contribution in [0.1, 0.15) is 42.4 Å². The summed E-state index contributed by atoms with van der Waals surface area (Å²) in [6.07, 6.45) is 8.13. The lowest BCUT2D eigenvalue weighted by molar-refractivity contribution is 0.0981. The van der Waals surface area contributed by atoms with Crippen LogP contribution in [0.3, 0.4) is 0 Å². The van der Waals surface area contributed by atoms with Crippen LogP contribution >= 0.6 is 0 Å². The number of carbonyl (C=O) groups is 1. The molecule has 0 aliphatic carbocycles. The van der Waals surface area contributed by atoms with Gasteiger partial charge in [0.25, 0.3) is 5.91 Å². The predicted octanol–water partition coefficient (Wildman–Crippen LogP) is 3.59. The minimum absolute atomic E-state index is 0.0952. The first-order valence-corrected chi connectivity index (χ1v) is 9.83. The molecule has 8 heteroatoms. The highest BCUT2D eigenvalue weighted by Crippen LogP contribution is 2.43. The Morgan fingerprint density at radius 2 is 2.03 bits per heavy atom. The fourth-order valence-corrected chi connectivity index (χ4v) is 3.91. The lowest BCUT2D eigenvalue weighted by Gasteiger charge is -2.30. The van der Waals surface area contributed by atoms with Crippen molar-refractivity contribution in [1.29, 1.82) is 5.41 Å². The van der Waals surface area contributed by atoms with E-state index in [1.165, 1.54) is 6.21 Å². The summed E-state index contributed by atoms with van der Waals surface area (Å²) in [5.74, 6) is 0.590. The number of ether oxygens (including phenoxy) is 1. The maximum absolute atomic E-state index is 13.4. The molecule has 3 aromatic rings. The Morgan fingerprint density at radius 3 is 2.77 bits per heavy atom. The Hall–Kier alpha value is -3.55. The molecule has 3 aromatic heterocycles. The molecule has 0 atom stereocenters. The van der Waals surface area contributed by atoms with E-state index < -0.39 is 5.54 Å². The molecule has 30 heavy (non-hydrogen) atoms. The van der Waals surface area contributed by atoms with Gasteiger partial charge in [0.15, 0.2) is 0 Å². The molecule has 1 amide bonds. The van der Waals surface area contributed by atoms with Gasteiger partial charge in [-0.1, -0.05) is 0 Å². The van der Waals surface area contributed by atoms with E-state index in [9.17, 15) is 4.79 Å². The molecule has 4 heterocycles. The number of nitrogens with zero attached hydrogens (tertiary/aromatic N) is 5. The Morgan fingerprint density at radius 1 is 1.23 bits per heavy atom. The van der Waals surface area contributed by atoms with Crippen LogP contribution in [0.5, 0.6) is 5.75 Å². The Balaban J connectivity index is 1.79. The number of aromatic nitrogens is 4. The minimum Gasteiger partial charge on any atom is -0.492 e. The van der Waals surface area contributed by atoms with Crippen molar-refractivity contribution in [2.45, 2.75) is 39.8 Å². The summed E-state index contributed by atoms with van der Waals surface area (Å²) in [7, 11) is 0. The van der Waals surface area contributed by atoms with Gasteiger partial charge in [-0.2, -0.15) is 5.10 Å². The molecule has 1 aliphatic heterocycles. The topological polar surface area (TPSA) is 97.0 Å². The number of rotatable bonds is 6. The maximum Gasteiger partial charge on any atom is 0.261 e. The van der Waals surface area contributed by atoms with E-state index in [-0.39, 0.29) is 5.91 Å². The first kappa shape index (κ1) is 19.8. The van der Waals surface area contributed by atoms with Gasteiger partial charge in [-0.15, -0.1) is 0 Å². The van der Waals surface area contributed by atoms with Gasteiger partial charge in [0.2, 0.25) is 0 Å². The molecule has 0 saturated carbocycles. The molecular formula is C22H24N6O2. The third kappa shape index (κ3) is 3.14. The zero-order valence-electron chi connectivity index (χ0n) is 17.5. The third-order valence-corrected chi connectivity index (χ3v) is 5.25. The normalized spacial score (nSPS) is 14.7. The Labute approximate surface area is 175 Å². The number of pyridine rings is 2. The van der Waals surface area contributed by atoms with Crippen molar-refractivity contribution in [3.05, 3.63) is 53.7 Å². The first-order valence-electron chi connectivity index (χ1n) is 9.83. The van der Waals surface area contributed by atoms with Crippen LogP contribution in [0, 0.1) is 12.3 Å². The van der Waals surface area contributed by atoms with E-state index >= 15 is 0 Å². The molecule has 1 aliphatic rings. The van der Waals surface area contributed by atoms with Crippen molar-refractivity contribution in [2.75, 3.05) is 11.5 Å². The second-order valence-corrected chi connectivity index (χ2v) is 7.71. The quantitative estimate of drug-likeness (QED) is 0.633. The van der Waals surface area contributed by atoms with E-state index in [1.807, 2.05) is 39.8 Å². The first-order chi connectivity index (χ1) is 14.4. The average molecular weight is 404 g/mol. The summed E-state index contributed by atoms with van der Waals surface area (Å²) < 4.78 is 7.20. The smallest absolute Gasteiger partial charge is 0.261 e. The molecular weight excluding hydrogens is 380 g/mol. The van der Waals surface area contributed by atoms with Gasteiger partial charge in [0, 0.05) is 24.2 Å². The molecule has 0 spiro atoms. The van der Waals surface area contributed by atoms with Gasteiger partial charge >= 0.3 is 0 Å². The molecule has 0 aromatic carbocycles. The monoisotopic (exact) mass is 404 g/mol. The van der Waals surface area contributed by atoms with Crippen molar-refractivity contribution >= 4 is 17.8 Å². The Kier molecular flexibility index (Phi) is 4.85. The fourth-order valence-electron chi connectivity index (χ4n) is 3.91. The van der Waals surface area contributed by atoms with E-state index in [0.717, 1.165) is 22.5 Å². The van der Waals surface area contributed by atoms with Crippen molar-refractivity contribution in [2.24, 2.45) is 0 Å². The van der Waals surface area contributed by atoms with Crippen molar-refractivity contribution in [3.63, 3.8) is 0 Å². The number of aryl methyl sites for hydroxylation is 1. The van der Waals surface area contributed by atoms with Gasteiger partial charge < -0.3 is 10.1 Å². The van der Waals surface area contributed by atoms with E-state index in [0.29, 0.717) is 30.2 Å². The number of hydrogen-bond acceptors (Lipinski definition) is 6. The summed E-state index contributed by atoms with van der Waals surface area (Å²) >= 11 is 0. The highest BCUT2D eigenvalue weighted by molar-refractivity contribution is 6.12. The van der Waals surface area contributed by atoms with E-state index in [1.54, 1.807) is 34.4 Å². The molecule has 0 saturated heterocycles. The Bertz CT molecular complexity index is 1130. The van der Waals surface area contributed by atoms with Crippen LogP contribution < -0.4 is 9.64 Å². The van der Waals surface area contributed by atoms with Crippen LogP contribution in [-0.4, -0.2) is 38.5 Å². The molecule has 4 rings (SSSR count). The number of anilines is 1. The second-order valence-electron chi connectivity index (χ2n) is 7.71. The van der Waals surface area contributed by atoms with Crippen LogP contribution in [0.15, 0.2) is 36.9 Å². The molecule has 0 bridgehead atoms. The van der Waals surface area contributed by atoms with Crippen LogP contribution in [0.4, 0.5) is 5.69 Å². The van der Waals surface area contributed by atoms with Gasteiger partial charge in [-0.3, -0.25) is 19.4 Å². The molecule has 0 unspecified atom stereocenters. The van der Waals surface area contributed by atoms with Gasteiger partial charge in [0.1, 0.15) is 5.75 Å². The van der Waals surface area contributed by atoms with Crippen molar-refractivity contribution < 1.29 is 9.53 Å². The van der Waals surface area contributed by atoms with E-state index in [4.69, 9.17) is 15.1 Å². The molecule has 8 nitrogen and oxygen atoms in total. The zero-order valence-corrected chi connectivity index (χ0v) is 17.5. The molecule has 1 N–H and O–H groups in total. The third-order valence-electron chi connectivity index (χ3n) is 5.25. The molecule has 154 valence electrons. The van der Waals surface area contributed by atoms with Crippen molar-refractivity contribution in [3.8, 4) is 17.0 Å². The van der Waals surface area contributed by atoms with Crippen LogP contribution in [0.2, 0.25) is 0 Å². The summed E-state index contributed by atoms with van der Waals surface area (Å²) in [6.45, 7) is 8.74. The lowest BCUT2D eigenvalue weighted by atomic mass is 9.96. The summed E-state index contributed by atoms with van der Waals surface area (Å²) in [5.41, 5.74) is 3.84. The second kappa shape index (κ2) is 7.37. The highest BCUT2D eigenvalue weighted by atomic mass is 16.5. The fraction of sp³-hybridized carbons (Fsp3) is 0.318. The minimum atomic E-state index is -0.656. The highest BCUT2D eigenvalue weighted by Gasteiger charge is 2.46. The number of carbonyl (C=O) groups excluding carboxylic acids is 1. The SMILES string of the molecule is CCOc1cncc(-c2cc(C)c3c(n2)C(C)(C)N(c2cnn(CC=N)c2)C3=O)c1. The predicted molar refractivity (Wildman–Crippen MR) is 114 cm³/mol. The van der Waals surface area contributed by atoms with E-state index in [2.05, 4.69) is 10.1 Å². The molecule has 0 fully saturated rings. The average Bonchev–Trinajstić information content (AvgIpc) is 3.23. The zero-order chi connectivity index (χ0) is 21.5. The largest absolute Gasteiger partial charge is 0.492 e. The van der Waals surface area contributed by atoms with Crippen LogP contribution in [-0.2, 0) is 12.1 Å². The van der Waals surface area contributed by atoms with Gasteiger partial charge in [-0.25, -0.2) is 4.98 Å². The van der Waals surface area contributed by atoms with Crippen LogP contribution in [0.25, 0.3) is 11.3 Å².